The van der Waals surface area contributed by atoms with Crippen molar-refractivity contribution in [3.8, 4) is 22.7 Å². The third-order valence-corrected chi connectivity index (χ3v) is 4.91. The minimum Gasteiger partial charge on any atom is -0.427 e. The van der Waals surface area contributed by atoms with Gasteiger partial charge in [-0.15, -0.1) is 0 Å². The maximum Gasteiger partial charge on any atom is 0.308 e. The molecule has 0 unspecified atom stereocenters. The molecular weight excluding hydrogens is 402 g/mol. The van der Waals surface area contributed by atoms with E-state index in [9.17, 15) is 9.59 Å². The summed E-state index contributed by atoms with van der Waals surface area (Å²) in [5.41, 5.74) is 4.64. The molecule has 0 bridgehead atoms. The first kappa shape index (κ1) is 21.1. The Kier molecular flexibility index (Phi) is 6.41. The van der Waals surface area contributed by atoms with E-state index in [0.717, 1.165) is 22.5 Å². The van der Waals surface area contributed by atoms with Crippen molar-refractivity contribution in [3.05, 3.63) is 96.7 Å². The number of amides is 1. The van der Waals surface area contributed by atoms with E-state index in [2.05, 4.69) is 10.4 Å². The maximum absolute atomic E-state index is 12.5. The van der Waals surface area contributed by atoms with Crippen LogP contribution in [0.25, 0.3) is 16.9 Å². The molecule has 0 saturated heterocycles. The number of aromatic nitrogens is 2. The molecule has 0 aliphatic heterocycles. The Hall–Kier alpha value is -4.19. The van der Waals surface area contributed by atoms with Crippen LogP contribution in [0, 0.1) is 0 Å². The van der Waals surface area contributed by atoms with E-state index in [0.29, 0.717) is 24.3 Å². The average Bonchev–Trinajstić information content (AvgIpc) is 3.24. The quantitative estimate of drug-likeness (QED) is 0.333. The van der Waals surface area contributed by atoms with Gasteiger partial charge in [0.1, 0.15) is 5.75 Å². The highest BCUT2D eigenvalue weighted by atomic mass is 16.5. The Balaban J connectivity index is 1.49. The molecule has 1 N–H and O–H groups in total. The molecule has 0 aliphatic carbocycles. The summed E-state index contributed by atoms with van der Waals surface area (Å²) in [4.78, 5) is 23.6. The number of nitrogens with zero attached hydrogens (tertiary/aromatic N) is 2. The number of carbonyl (C=O) groups excluding carboxylic acids is 2. The standard InChI is InChI=1S/C26H23N3O3/c1-19(30)32-24-15-13-22(14-16-24)28-25(31)17-12-21-18-27-29(23-10-6-3-7-11-23)26(21)20-8-4-2-5-9-20/h2-11,13-16,18H,12,17H2,1H3,(H,28,31). The highest BCUT2D eigenvalue weighted by molar-refractivity contribution is 5.91. The van der Waals surface area contributed by atoms with Gasteiger partial charge in [0.25, 0.3) is 0 Å². The first-order valence-corrected chi connectivity index (χ1v) is 10.4. The van der Waals surface area contributed by atoms with Crippen molar-refractivity contribution >= 4 is 17.6 Å². The number of para-hydroxylation sites is 1. The number of nitrogens with one attached hydrogen (secondary N) is 1. The Morgan fingerprint density at radius 2 is 1.56 bits per heavy atom. The molecule has 0 atom stereocenters. The molecule has 160 valence electrons. The molecular formula is C26H23N3O3. The zero-order valence-corrected chi connectivity index (χ0v) is 17.7. The predicted octanol–water partition coefficient (Wildman–Crippen LogP) is 5.04. The summed E-state index contributed by atoms with van der Waals surface area (Å²) in [7, 11) is 0. The van der Waals surface area contributed by atoms with Crippen LogP contribution in [-0.2, 0) is 16.0 Å². The summed E-state index contributed by atoms with van der Waals surface area (Å²) < 4.78 is 6.93. The van der Waals surface area contributed by atoms with Crippen LogP contribution in [-0.4, -0.2) is 21.7 Å². The van der Waals surface area contributed by atoms with Crippen LogP contribution in [0.2, 0.25) is 0 Å². The van der Waals surface area contributed by atoms with Crippen molar-refractivity contribution in [2.24, 2.45) is 0 Å². The lowest BCUT2D eigenvalue weighted by atomic mass is 10.0. The predicted molar refractivity (Wildman–Crippen MR) is 124 cm³/mol. The minimum atomic E-state index is -0.382. The number of carbonyl (C=O) groups is 2. The summed E-state index contributed by atoms with van der Waals surface area (Å²) in [5.74, 6) is -0.0416. The summed E-state index contributed by atoms with van der Waals surface area (Å²) >= 11 is 0. The molecule has 3 aromatic carbocycles. The van der Waals surface area contributed by atoms with E-state index in [-0.39, 0.29) is 11.9 Å². The van der Waals surface area contributed by atoms with Gasteiger partial charge in [-0.05, 0) is 48.4 Å². The zero-order valence-electron chi connectivity index (χ0n) is 17.7. The molecule has 32 heavy (non-hydrogen) atoms. The minimum absolute atomic E-state index is 0.100. The smallest absolute Gasteiger partial charge is 0.308 e. The number of aryl methyl sites for hydroxylation is 1. The van der Waals surface area contributed by atoms with Crippen LogP contribution >= 0.6 is 0 Å². The topological polar surface area (TPSA) is 73.2 Å². The van der Waals surface area contributed by atoms with Crippen LogP contribution in [0.15, 0.2) is 91.1 Å². The van der Waals surface area contributed by atoms with Crippen molar-refractivity contribution < 1.29 is 14.3 Å². The van der Waals surface area contributed by atoms with Crippen LogP contribution in [0.5, 0.6) is 5.75 Å². The van der Waals surface area contributed by atoms with E-state index in [1.807, 2.05) is 71.5 Å². The number of esters is 1. The average molecular weight is 425 g/mol. The van der Waals surface area contributed by atoms with Gasteiger partial charge in [0.2, 0.25) is 5.91 Å². The fourth-order valence-corrected chi connectivity index (χ4v) is 3.48. The van der Waals surface area contributed by atoms with Gasteiger partial charge in [0.05, 0.1) is 17.6 Å². The van der Waals surface area contributed by atoms with E-state index >= 15 is 0 Å². The van der Waals surface area contributed by atoms with E-state index in [4.69, 9.17) is 4.74 Å². The maximum atomic E-state index is 12.5. The number of hydrogen-bond donors (Lipinski definition) is 1. The van der Waals surface area contributed by atoms with Gasteiger partial charge in [0.15, 0.2) is 0 Å². The zero-order chi connectivity index (χ0) is 22.3. The number of rotatable bonds is 7. The number of ether oxygens (including phenoxy) is 1. The largest absolute Gasteiger partial charge is 0.427 e. The molecule has 4 aromatic rings. The lowest BCUT2D eigenvalue weighted by molar-refractivity contribution is -0.131. The summed E-state index contributed by atoms with van der Waals surface area (Å²) in [6.07, 6.45) is 2.69. The second kappa shape index (κ2) is 9.75. The van der Waals surface area contributed by atoms with Gasteiger partial charge in [-0.1, -0.05) is 48.5 Å². The fraction of sp³-hybridized carbons (Fsp3) is 0.115. The fourth-order valence-electron chi connectivity index (χ4n) is 3.48. The normalized spacial score (nSPS) is 10.5. The molecule has 0 aliphatic rings. The van der Waals surface area contributed by atoms with Gasteiger partial charge in [-0.3, -0.25) is 9.59 Å². The lowest BCUT2D eigenvalue weighted by Crippen LogP contribution is -2.12. The first-order chi connectivity index (χ1) is 15.6. The summed E-state index contributed by atoms with van der Waals surface area (Å²) in [5, 5.41) is 7.49. The molecule has 1 heterocycles. The van der Waals surface area contributed by atoms with Crippen molar-refractivity contribution in [1.82, 2.24) is 9.78 Å². The van der Waals surface area contributed by atoms with Crippen molar-refractivity contribution in [2.45, 2.75) is 19.8 Å². The van der Waals surface area contributed by atoms with Crippen LogP contribution < -0.4 is 10.1 Å². The van der Waals surface area contributed by atoms with Gasteiger partial charge >= 0.3 is 5.97 Å². The molecule has 1 aromatic heterocycles. The van der Waals surface area contributed by atoms with Crippen molar-refractivity contribution in [3.63, 3.8) is 0 Å². The molecule has 0 saturated carbocycles. The molecule has 4 rings (SSSR count). The molecule has 1 amide bonds. The number of hydrogen-bond acceptors (Lipinski definition) is 4. The SMILES string of the molecule is CC(=O)Oc1ccc(NC(=O)CCc2cnn(-c3ccccc3)c2-c2ccccc2)cc1. The van der Waals surface area contributed by atoms with Crippen LogP contribution in [0.3, 0.4) is 0 Å². The van der Waals surface area contributed by atoms with Gasteiger partial charge in [-0.25, -0.2) is 4.68 Å². The number of anilines is 1. The van der Waals surface area contributed by atoms with E-state index < -0.39 is 0 Å². The van der Waals surface area contributed by atoms with E-state index in [1.54, 1.807) is 24.3 Å². The third-order valence-electron chi connectivity index (χ3n) is 4.91. The molecule has 0 fully saturated rings. The number of benzene rings is 3. The van der Waals surface area contributed by atoms with Crippen LogP contribution in [0.4, 0.5) is 5.69 Å². The summed E-state index contributed by atoms with van der Waals surface area (Å²) in [6, 6.07) is 26.7. The van der Waals surface area contributed by atoms with E-state index in [1.165, 1.54) is 6.92 Å². The van der Waals surface area contributed by atoms with Gasteiger partial charge in [-0.2, -0.15) is 5.10 Å². The Morgan fingerprint density at radius 1 is 0.906 bits per heavy atom. The van der Waals surface area contributed by atoms with Crippen LogP contribution in [0.1, 0.15) is 18.9 Å². The molecule has 0 spiro atoms. The Labute approximate surface area is 186 Å². The highest BCUT2D eigenvalue weighted by Gasteiger charge is 2.15. The summed E-state index contributed by atoms with van der Waals surface area (Å²) in [6.45, 7) is 1.35. The molecule has 6 heteroatoms. The Bertz CT molecular complexity index is 1200. The van der Waals surface area contributed by atoms with Gasteiger partial charge < -0.3 is 10.1 Å². The monoisotopic (exact) mass is 425 g/mol. The van der Waals surface area contributed by atoms with Crippen molar-refractivity contribution in [1.29, 1.82) is 0 Å². The second-order valence-electron chi connectivity index (χ2n) is 7.30. The van der Waals surface area contributed by atoms with Gasteiger partial charge in [0, 0.05) is 24.6 Å². The lowest BCUT2D eigenvalue weighted by Gasteiger charge is -2.11. The first-order valence-electron chi connectivity index (χ1n) is 10.4. The Morgan fingerprint density at radius 3 is 2.22 bits per heavy atom. The van der Waals surface area contributed by atoms with Crippen molar-refractivity contribution in [2.75, 3.05) is 5.32 Å². The molecule has 6 nitrogen and oxygen atoms in total. The highest BCUT2D eigenvalue weighted by Crippen LogP contribution is 2.27. The second-order valence-corrected chi connectivity index (χ2v) is 7.30. The molecule has 0 radical (unpaired) electrons. The third kappa shape index (κ3) is 5.10.